The average Bonchev–Trinajstić information content (AvgIpc) is 3.50. The highest BCUT2D eigenvalue weighted by Crippen LogP contribution is 2.29. The van der Waals surface area contributed by atoms with E-state index in [9.17, 15) is 4.79 Å². The van der Waals surface area contributed by atoms with Crippen molar-refractivity contribution < 1.29 is 4.90 Å². The van der Waals surface area contributed by atoms with Crippen LogP contribution in [0, 0.1) is 13.8 Å². The Bertz CT molecular complexity index is 1120. The summed E-state index contributed by atoms with van der Waals surface area (Å²) in [5, 5.41) is 13.9. The highest BCUT2D eigenvalue weighted by atomic mass is 16.1. The molecule has 7 heteroatoms. The number of tetrazole rings is 1. The van der Waals surface area contributed by atoms with Crippen molar-refractivity contribution >= 4 is 10.9 Å². The van der Waals surface area contributed by atoms with E-state index in [1.165, 1.54) is 67.4 Å². The number of hydrogen-bond acceptors (Lipinski definition) is 4. The fourth-order valence-corrected chi connectivity index (χ4v) is 5.74. The van der Waals surface area contributed by atoms with Crippen LogP contribution in [0.4, 0.5) is 0 Å². The number of hydrogen-bond donors (Lipinski definition) is 2. The molecule has 0 saturated heterocycles. The number of fused-ring (bicyclic) bond motifs is 1. The fourth-order valence-electron chi connectivity index (χ4n) is 5.74. The second-order valence-electron chi connectivity index (χ2n) is 9.64. The third-order valence-electron chi connectivity index (χ3n) is 7.36. The van der Waals surface area contributed by atoms with Crippen LogP contribution in [0.1, 0.15) is 79.9 Å². The molecule has 1 aromatic carbocycles. The smallest absolute Gasteiger partial charge is 0.257 e. The first-order valence-corrected chi connectivity index (χ1v) is 11.8. The van der Waals surface area contributed by atoms with Crippen molar-refractivity contribution in [2.24, 2.45) is 0 Å². The predicted molar refractivity (Wildman–Crippen MR) is 120 cm³/mol. The Morgan fingerprint density at radius 2 is 1.77 bits per heavy atom. The van der Waals surface area contributed by atoms with Crippen molar-refractivity contribution in [2.45, 2.75) is 90.4 Å². The van der Waals surface area contributed by atoms with Crippen LogP contribution in [0.5, 0.6) is 0 Å². The van der Waals surface area contributed by atoms with Crippen LogP contribution in [0.3, 0.4) is 0 Å². The second-order valence-corrected chi connectivity index (χ2v) is 9.64. The van der Waals surface area contributed by atoms with Crippen molar-refractivity contribution in [2.75, 3.05) is 0 Å². The molecule has 164 valence electrons. The number of nitrogens with one attached hydrogen (secondary N) is 2. The van der Waals surface area contributed by atoms with E-state index in [0.717, 1.165) is 28.8 Å². The monoisotopic (exact) mass is 421 g/mol. The number of pyridine rings is 1. The Labute approximate surface area is 182 Å². The third kappa shape index (κ3) is 4.15. The molecule has 5 rings (SSSR count). The standard InChI is InChI=1S/C24H32N6O/c1-16-11-17(2)21-13-18(24(31)25-22(21)12-16)14-29(19-7-3-4-8-19)15-23-26-27-28-30(23)20-9-5-6-10-20/h11-13,19-20H,3-10,14-15H2,1-2H3,(H,25,31)/p+1. The third-order valence-corrected chi connectivity index (χ3v) is 7.36. The van der Waals surface area contributed by atoms with Gasteiger partial charge in [-0.1, -0.05) is 18.9 Å². The van der Waals surface area contributed by atoms with Gasteiger partial charge in [0.2, 0.25) is 5.82 Å². The van der Waals surface area contributed by atoms with Crippen LogP contribution in [0.2, 0.25) is 0 Å². The van der Waals surface area contributed by atoms with Gasteiger partial charge in [-0.3, -0.25) is 4.79 Å². The van der Waals surface area contributed by atoms with Crippen molar-refractivity contribution in [3.05, 3.63) is 51.1 Å². The molecule has 0 bridgehead atoms. The van der Waals surface area contributed by atoms with Crippen molar-refractivity contribution in [1.29, 1.82) is 0 Å². The SMILES string of the molecule is Cc1cc(C)c2cc(C[NH+](Cc3nnnn3C3CCCC3)C3CCCC3)c(=O)[nH]c2c1. The molecule has 2 aromatic heterocycles. The van der Waals surface area contributed by atoms with Crippen molar-refractivity contribution in [1.82, 2.24) is 25.2 Å². The van der Waals surface area contributed by atoms with Crippen LogP contribution in [-0.2, 0) is 13.1 Å². The molecule has 0 amide bonds. The number of nitrogens with zero attached hydrogens (tertiary/aromatic N) is 4. The molecule has 2 heterocycles. The van der Waals surface area contributed by atoms with Crippen molar-refractivity contribution in [3.63, 3.8) is 0 Å². The topological polar surface area (TPSA) is 80.9 Å². The van der Waals surface area contributed by atoms with Gasteiger partial charge < -0.3 is 9.88 Å². The van der Waals surface area contributed by atoms with Gasteiger partial charge in [0.05, 0.1) is 17.6 Å². The number of rotatable bonds is 6. The van der Waals surface area contributed by atoms with E-state index in [4.69, 9.17) is 0 Å². The zero-order chi connectivity index (χ0) is 21.4. The summed E-state index contributed by atoms with van der Waals surface area (Å²) in [6.45, 7) is 5.67. The van der Waals surface area contributed by atoms with E-state index < -0.39 is 0 Å². The summed E-state index contributed by atoms with van der Waals surface area (Å²) in [5.41, 5.74) is 4.20. The number of aromatic nitrogens is 5. The van der Waals surface area contributed by atoms with Gasteiger partial charge in [0.15, 0.2) is 0 Å². The summed E-state index contributed by atoms with van der Waals surface area (Å²) in [6, 6.07) is 7.34. The first-order valence-electron chi connectivity index (χ1n) is 11.8. The molecule has 0 radical (unpaired) electrons. The van der Waals surface area contributed by atoms with E-state index in [1.54, 1.807) is 0 Å². The molecular weight excluding hydrogens is 388 g/mol. The fraction of sp³-hybridized carbons (Fsp3) is 0.583. The van der Waals surface area contributed by atoms with Gasteiger partial charge in [0.1, 0.15) is 13.1 Å². The maximum Gasteiger partial charge on any atom is 0.257 e. The lowest BCUT2D eigenvalue weighted by Gasteiger charge is -2.25. The zero-order valence-electron chi connectivity index (χ0n) is 18.7. The van der Waals surface area contributed by atoms with Crippen LogP contribution >= 0.6 is 0 Å². The molecule has 1 atom stereocenters. The van der Waals surface area contributed by atoms with Crippen LogP contribution in [0.15, 0.2) is 23.0 Å². The largest absolute Gasteiger partial charge is 0.322 e. The maximum absolute atomic E-state index is 13.0. The highest BCUT2D eigenvalue weighted by Gasteiger charge is 2.30. The summed E-state index contributed by atoms with van der Waals surface area (Å²) < 4.78 is 2.07. The Morgan fingerprint density at radius 1 is 1.03 bits per heavy atom. The predicted octanol–water partition coefficient (Wildman–Crippen LogP) is 2.77. The lowest BCUT2D eigenvalue weighted by atomic mass is 10.0. The summed E-state index contributed by atoms with van der Waals surface area (Å²) in [4.78, 5) is 17.5. The molecule has 2 aliphatic rings. The summed E-state index contributed by atoms with van der Waals surface area (Å²) >= 11 is 0. The molecule has 0 aliphatic heterocycles. The van der Waals surface area contributed by atoms with Crippen LogP contribution < -0.4 is 10.5 Å². The first kappa shape index (κ1) is 20.4. The molecule has 2 N–H and O–H groups in total. The van der Waals surface area contributed by atoms with Crippen LogP contribution in [0.25, 0.3) is 10.9 Å². The van der Waals surface area contributed by atoms with E-state index in [-0.39, 0.29) is 5.56 Å². The van der Waals surface area contributed by atoms with Gasteiger partial charge in [0, 0.05) is 10.9 Å². The number of aromatic amines is 1. The number of quaternary nitrogens is 1. The molecule has 3 aromatic rings. The van der Waals surface area contributed by atoms with Crippen molar-refractivity contribution in [3.8, 4) is 0 Å². The minimum atomic E-state index is 0.0309. The van der Waals surface area contributed by atoms with E-state index in [0.29, 0.717) is 18.6 Å². The molecular formula is C24H33N6O+. The first-order chi connectivity index (χ1) is 15.1. The Hall–Kier alpha value is -2.54. The van der Waals surface area contributed by atoms with Gasteiger partial charge in [-0.2, -0.15) is 0 Å². The minimum absolute atomic E-state index is 0.0309. The summed E-state index contributed by atoms with van der Waals surface area (Å²) in [5.74, 6) is 0.970. The maximum atomic E-state index is 13.0. The number of benzene rings is 1. The molecule has 7 nitrogen and oxygen atoms in total. The highest BCUT2D eigenvalue weighted by molar-refractivity contribution is 5.83. The second kappa shape index (κ2) is 8.54. The van der Waals surface area contributed by atoms with Crippen LogP contribution in [-0.4, -0.2) is 31.2 Å². The van der Waals surface area contributed by atoms with E-state index in [1.807, 2.05) is 0 Å². The molecule has 2 aliphatic carbocycles. The Kier molecular flexibility index (Phi) is 5.61. The van der Waals surface area contributed by atoms with Gasteiger partial charge in [-0.15, -0.1) is 5.10 Å². The van der Waals surface area contributed by atoms with Gasteiger partial charge in [0.25, 0.3) is 5.56 Å². The minimum Gasteiger partial charge on any atom is -0.322 e. The lowest BCUT2D eigenvalue weighted by molar-refractivity contribution is -0.952. The van der Waals surface area contributed by atoms with Gasteiger partial charge in [-0.25, -0.2) is 4.68 Å². The Morgan fingerprint density at radius 3 is 2.55 bits per heavy atom. The van der Waals surface area contributed by atoms with Gasteiger partial charge in [-0.05, 0) is 86.1 Å². The molecule has 2 saturated carbocycles. The summed E-state index contributed by atoms with van der Waals surface area (Å²) in [6.07, 6.45) is 9.82. The quantitative estimate of drug-likeness (QED) is 0.641. The zero-order valence-corrected chi connectivity index (χ0v) is 18.7. The number of aryl methyl sites for hydroxylation is 2. The lowest BCUT2D eigenvalue weighted by Crippen LogP contribution is -3.13. The van der Waals surface area contributed by atoms with Gasteiger partial charge >= 0.3 is 0 Å². The van der Waals surface area contributed by atoms with E-state index in [2.05, 4.69) is 57.2 Å². The average molecular weight is 422 g/mol. The Balaban J connectivity index is 1.46. The number of H-pyrrole nitrogens is 1. The molecule has 0 spiro atoms. The molecule has 31 heavy (non-hydrogen) atoms. The van der Waals surface area contributed by atoms with E-state index >= 15 is 0 Å². The molecule has 2 fully saturated rings. The summed E-state index contributed by atoms with van der Waals surface area (Å²) in [7, 11) is 0. The normalized spacial score (nSPS) is 18.9. The molecule has 1 unspecified atom stereocenters.